The van der Waals surface area contributed by atoms with Crippen LogP contribution in [-0.2, 0) is 20.9 Å². The molecule has 1 fully saturated rings. The third kappa shape index (κ3) is 4.74. The maximum absolute atomic E-state index is 12.8. The van der Waals surface area contributed by atoms with Crippen molar-refractivity contribution in [2.75, 3.05) is 31.6 Å². The average Bonchev–Trinajstić information content (AvgIpc) is 3.31. The van der Waals surface area contributed by atoms with Crippen LogP contribution >= 0.6 is 0 Å². The normalized spacial score (nSPS) is 16.8. The topological polar surface area (TPSA) is 101 Å². The number of ether oxygens (including phenoxy) is 1. The molecule has 30 heavy (non-hydrogen) atoms. The Hall–Kier alpha value is -3.05. The maximum Gasteiger partial charge on any atom is 0.310 e. The number of nitrogens with one attached hydrogen (secondary N) is 1. The number of carbonyl (C=O) groups is 2. The van der Waals surface area contributed by atoms with Crippen LogP contribution < -0.4 is 5.32 Å². The van der Waals surface area contributed by atoms with Gasteiger partial charge in [-0.05, 0) is 57.9 Å². The number of esters is 1. The smallest absolute Gasteiger partial charge is 0.310 e. The minimum absolute atomic E-state index is 0.158. The van der Waals surface area contributed by atoms with Crippen molar-refractivity contribution in [2.45, 2.75) is 40.2 Å². The van der Waals surface area contributed by atoms with E-state index in [-0.39, 0.29) is 24.3 Å². The van der Waals surface area contributed by atoms with Gasteiger partial charge in [-0.1, -0.05) is 0 Å². The molecule has 1 aliphatic rings. The number of carbonyl (C=O) groups excluding carboxylic acids is 2. The lowest BCUT2D eigenvalue weighted by Crippen LogP contribution is -2.43. The summed E-state index contributed by atoms with van der Waals surface area (Å²) in [5, 5.41) is 12.6. The molecule has 2 aromatic rings. The predicted octanol–water partition coefficient (Wildman–Crippen LogP) is 2.83. The molecule has 1 aliphatic heterocycles. The first-order valence-corrected chi connectivity index (χ1v) is 10.3. The monoisotopic (exact) mass is 412 g/mol. The SMILES string of the molecule is CCOC(=O)[C@@H]1CCCN(CC(=O)Nc2c(C#N)c(C)c(C)n2Cc2ccco2)C1. The number of aromatic nitrogens is 1. The van der Waals surface area contributed by atoms with E-state index >= 15 is 0 Å². The summed E-state index contributed by atoms with van der Waals surface area (Å²) in [6.07, 6.45) is 3.22. The van der Waals surface area contributed by atoms with Crippen molar-refractivity contribution in [1.29, 1.82) is 5.26 Å². The highest BCUT2D eigenvalue weighted by Gasteiger charge is 2.28. The number of anilines is 1. The van der Waals surface area contributed by atoms with Gasteiger partial charge in [-0.15, -0.1) is 0 Å². The van der Waals surface area contributed by atoms with Gasteiger partial charge >= 0.3 is 5.97 Å². The van der Waals surface area contributed by atoms with Crippen LogP contribution in [0.3, 0.4) is 0 Å². The van der Waals surface area contributed by atoms with Crippen LogP contribution in [-0.4, -0.2) is 47.6 Å². The highest BCUT2D eigenvalue weighted by Crippen LogP contribution is 2.27. The summed E-state index contributed by atoms with van der Waals surface area (Å²) < 4.78 is 12.5. The van der Waals surface area contributed by atoms with E-state index in [0.29, 0.717) is 31.1 Å². The van der Waals surface area contributed by atoms with E-state index in [0.717, 1.165) is 36.4 Å². The first kappa shape index (κ1) is 21.7. The molecule has 1 N–H and O–H groups in total. The van der Waals surface area contributed by atoms with Gasteiger partial charge in [-0.3, -0.25) is 14.5 Å². The molecular weight excluding hydrogens is 384 g/mol. The van der Waals surface area contributed by atoms with E-state index in [9.17, 15) is 14.9 Å². The second kappa shape index (κ2) is 9.63. The molecule has 3 rings (SSSR count). The number of likely N-dealkylation sites (tertiary alicyclic amines) is 1. The van der Waals surface area contributed by atoms with Gasteiger partial charge in [0.1, 0.15) is 17.6 Å². The molecule has 0 bridgehead atoms. The van der Waals surface area contributed by atoms with Crippen LogP contribution in [0, 0.1) is 31.1 Å². The van der Waals surface area contributed by atoms with E-state index in [1.54, 1.807) is 19.3 Å². The van der Waals surface area contributed by atoms with Gasteiger partial charge in [0.2, 0.25) is 5.91 Å². The first-order chi connectivity index (χ1) is 14.4. The standard InChI is InChI=1S/C22H28N4O4/c1-4-29-22(28)17-7-5-9-25(12-17)14-20(27)24-21-19(11-23)15(2)16(3)26(21)13-18-8-6-10-30-18/h6,8,10,17H,4-5,7,9,12-14H2,1-3H3,(H,24,27)/t17-/m1/s1. The van der Waals surface area contributed by atoms with Gasteiger partial charge in [0.05, 0.1) is 37.4 Å². The van der Waals surface area contributed by atoms with Crippen LogP contribution in [0.5, 0.6) is 0 Å². The van der Waals surface area contributed by atoms with Gasteiger partial charge in [-0.25, -0.2) is 0 Å². The van der Waals surface area contributed by atoms with E-state index in [1.807, 2.05) is 29.4 Å². The van der Waals surface area contributed by atoms with Crippen molar-refractivity contribution < 1.29 is 18.7 Å². The van der Waals surface area contributed by atoms with Crippen LogP contribution in [0.25, 0.3) is 0 Å². The molecular formula is C22H28N4O4. The Kier molecular flexibility index (Phi) is 6.95. The zero-order valence-corrected chi connectivity index (χ0v) is 17.7. The minimum atomic E-state index is -0.214. The predicted molar refractivity (Wildman–Crippen MR) is 111 cm³/mol. The van der Waals surface area contributed by atoms with Crippen molar-refractivity contribution in [3.63, 3.8) is 0 Å². The summed E-state index contributed by atoms with van der Waals surface area (Å²) in [6, 6.07) is 5.87. The van der Waals surface area contributed by atoms with Crippen molar-refractivity contribution in [2.24, 2.45) is 5.92 Å². The molecule has 1 atom stereocenters. The lowest BCUT2D eigenvalue weighted by molar-refractivity contribution is -0.150. The molecule has 3 heterocycles. The fourth-order valence-corrected chi connectivity index (χ4v) is 3.91. The summed E-state index contributed by atoms with van der Waals surface area (Å²) in [6.45, 7) is 7.78. The summed E-state index contributed by atoms with van der Waals surface area (Å²) in [5.74, 6) is 0.602. The van der Waals surface area contributed by atoms with Gasteiger partial charge in [0, 0.05) is 12.2 Å². The van der Waals surface area contributed by atoms with Gasteiger partial charge in [0.15, 0.2) is 0 Å². The molecule has 8 nitrogen and oxygen atoms in total. The third-order valence-corrected chi connectivity index (χ3v) is 5.59. The largest absolute Gasteiger partial charge is 0.467 e. The number of rotatable bonds is 7. The molecule has 0 radical (unpaired) electrons. The van der Waals surface area contributed by atoms with Crippen molar-refractivity contribution in [1.82, 2.24) is 9.47 Å². The maximum atomic E-state index is 12.8. The Labute approximate surface area is 176 Å². The summed E-state index contributed by atoms with van der Waals surface area (Å²) in [7, 11) is 0. The molecule has 8 heteroatoms. The van der Waals surface area contributed by atoms with Crippen LogP contribution in [0.1, 0.15) is 42.3 Å². The summed E-state index contributed by atoms with van der Waals surface area (Å²) >= 11 is 0. The number of amides is 1. The van der Waals surface area contributed by atoms with E-state index in [4.69, 9.17) is 9.15 Å². The van der Waals surface area contributed by atoms with E-state index < -0.39 is 0 Å². The van der Waals surface area contributed by atoms with E-state index in [1.165, 1.54) is 0 Å². The zero-order valence-electron chi connectivity index (χ0n) is 17.7. The molecule has 0 unspecified atom stereocenters. The Morgan fingerprint density at radius 1 is 1.40 bits per heavy atom. The molecule has 0 aliphatic carbocycles. The van der Waals surface area contributed by atoms with Gasteiger partial charge in [-0.2, -0.15) is 5.26 Å². The average molecular weight is 412 g/mol. The molecule has 0 saturated carbocycles. The molecule has 1 saturated heterocycles. The Balaban J connectivity index is 1.72. The van der Waals surface area contributed by atoms with Crippen LogP contribution in [0.15, 0.2) is 22.8 Å². The van der Waals surface area contributed by atoms with Gasteiger partial charge in [0.25, 0.3) is 0 Å². The Bertz CT molecular complexity index is 939. The molecule has 1 amide bonds. The van der Waals surface area contributed by atoms with Crippen molar-refractivity contribution in [3.05, 3.63) is 41.0 Å². The molecule has 2 aromatic heterocycles. The highest BCUT2D eigenvalue weighted by molar-refractivity contribution is 5.93. The van der Waals surface area contributed by atoms with Crippen LogP contribution in [0.4, 0.5) is 5.82 Å². The quantitative estimate of drug-likeness (QED) is 0.702. The number of piperidine rings is 1. The summed E-state index contributed by atoms with van der Waals surface area (Å²) in [4.78, 5) is 26.8. The Morgan fingerprint density at radius 3 is 2.87 bits per heavy atom. The molecule has 0 spiro atoms. The van der Waals surface area contributed by atoms with Crippen LogP contribution in [0.2, 0.25) is 0 Å². The lowest BCUT2D eigenvalue weighted by Gasteiger charge is -2.30. The minimum Gasteiger partial charge on any atom is -0.467 e. The second-order valence-corrected chi connectivity index (χ2v) is 7.59. The van der Waals surface area contributed by atoms with Crippen molar-refractivity contribution >= 4 is 17.7 Å². The van der Waals surface area contributed by atoms with Gasteiger partial charge < -0.3 is 19.0 Å². The van der Waals surface area contributed by atoms with E-state index in [2.05, 4.69) is 11.4 Å². The fraction of sp³-hybridized carbons (Fsp3) is 0.500. The molecule has 0 aromatic carbocycles. The number of hydrogen-bond acceptors (Lipinski definition) is 6. The summed E-state index contributed by atoms with van der Waals surface area (Å²) in [5.41, 5.74) is 2.19. The number of nitriles is 1. The number of hydrogen-bond donors (Lipinski definition) is 1. The second-order valence-electron chi connectivity index (χ2n) is 7.59. The third-order valence-electron chi connectivity index (χ3n) is 5.59. The zero-order chi connectivity index (χ0) is 21.7. The number of nitrogens with zero attached hydrogens (tertiary/aromatic N) is 3. The Morgan fingerprint density at radius 2 is 2.20 bits per heavy atom. The first-order valence-electron chi connectivity index (χ1n) is 10.3. The highest BCUT2D eigenvalue weighted by atomic mass is 16.5. The lowest BCUT2D eigenvalue weighted by atomic mass is 9.98. The number of furan rings is 1. The fourth-order valence-electron chi connectivity index (χ4n) is 3.91. The van der Waals surface area contributed by atoms with Crippen molar-refractivity contribution in [3.8, 4) is 6.07 Å². The molecule has 160 valence electrons.